The first-order chi connectivity index (χ1) is 10.1. The zero-order chi connectivity index (χ0) is 15.3. The molecular weight excluding hydrogens is 264 g/mol. The van der Waals surface area contributed by atoms with Crippen LogP contribution in [0.1, 0.15) is 24.8 Å². The average molecular weight is 290 g/mol. The summed E-state index contributed by atoms with van der Waals surface area (Å²) >= 11 is 0. The third kappa shape index (κ3) is 3.83. The number of benzene rings is 1. The molecule has 4 nitrogen and oxygen atoms in total. The van der Waals surface area contributed by atoms with Crippen molar-refractivity contribution in [2.75, 3.05) is 34.3 Å². The fourth-order valence-electron chi connectivity index (χ4n) is 2.82. The molecule has 0 bridgehead atoms. The van der Waals surface area contributed by atoms with E-state index in [4.69, 9.17) is 4.74 Å². The fraction of sp³-hybridized carbons (Fsp3) is 0.588. The van der Waals surface area contributed by atoms with Gasteiger partial charge in [0.05, 0.1) is 7.11 Å². The quantitative estimate of drug-likeness (QED) is 0.744. The number of hydrogen-bond acceptors (Lipinski definition) is 4. The van der Waals surface area contributed by atoms with Crippen LogP contribution in [0.4, 0.5) is 0 Å². The molecule has 0 aromatic heterocycles. The van der Waals surface area contributed by atoms with Crippen LogP contribution in [0.3, 0.4) is 0 Å². The number of methoxy groups -OCH3 is 1. The Morgan fingerprint density at radius 1 is 1.38 bits per heavy atom. The van der Waals surface area contributed by atoms with Gasteiger partial charge in [-0.05, 0) is 44.8 Å². The Hall–Kier alpha value is -1.39. The van der Waals surface area contributed by atoms with Crippen molar-refractivity contribution in [2.45, 2.75) is 24.8 Å². The summed E-state index contributed by atoms with van der Waals surface area (Å²) in [5.74, 6) is 0.629. The topological polar surface area (TPSA) is 41.6 Å². The monoisotopic (exact) mass is 290 g/mol. The fourth-order valence-corrected chi connectivity index (χ4v) is 2.82. The maximum atomic E-state index is 12.4. The summed E-state index contributed by atoms with van der Waals surface area (Å²) in [7, 11) is 5.40. The number of rotatable bonds is 8. The van der Waals surface area contributed by atoms with E-state index in [1.807, 2.05) is 37.4 Å². The number of likely N-dealkylation sites (N-methyl/N-ethyl adjacent to an activating group) is 1. The number of ether oxygens (including phenoxy) is 1. The van der Waals surface area contributed by atoms with Gasteiger partial charge >= 0.3 is 5.97 Å². The molecule has 0 amide bonds. The molecule has 21 heavy (non-hydrogen) atoms. The van der Waals surface area contributed by atoms with E-state index in [1.165, 1.54) is 20.0 Å². The zero-order valence-electron chi connectivity index (χ0n) is 13.3. The third-order valence-electron chi connectivity index (χ3n) is 4.36. The second kappa shape index (κ2) is 7.05. The van der Waals surface area contributed by atoms with Gasteiger partial charge < -0.3 is 15.0 Å². The Morgan fingerprint density at radius 2 is 2.05 bits per heavy atom. The molecule has 1 aliphatic carbocycles. The Labute approximate surface area is 127 Å². The van der Waals surface area contributed by atoms with Gasteiger partial charge in [-0.25, -0.2) is 4.79 Å². The van der Waals surface area contributed by atoms with Crippen molar-refractivity contribution in [2.24, 2.45) is 5.92 Å². The van der Waals surface area contributed by atoms with Crippen molar-refractivity contribution in [3.8, 4) is 0 Å². The van der Waals surface area contributed by atoms with Crippen molar-refractivity contribution in [3.05, 3.63) is 35.9 Å². The zero-order valence-corrected chi connectivity index (χ0v) is 13.3. The molecule has 0 aliphatic heterocycles. The molecule has 0 saturated heterocycles. The van der Waals surface area contributed by atoms with Crippen LogP contribution in [0.25, 0.3) is 0 Å². The van der Waals surface area contributed by atoms with Gasteiger partial charge in [0.2, 0.25) is 0 Å². The Kier molecular flexibility index (Phi) is 5.37. The Bertz CT molecular complexity index is 459. The number of carbonyl (C=O) groups excluding carboxylic acids is 1. The molecule has 1 aliphatic rings. The van der Waals surface area contributed by atoms with Crippen LogP contribution in [0, 0.1) is 5.92 Å². The van der Waals surface area contributed by atoms with E-state index in [2.05, 4.69) is 17.3 Å². The van der Waals surface area contributed by atoms with Crippen molar-refractivity contribution >= 4 is 5.97 Å². The highest BCUT2D eigenvalue weighted by Crippen LogP contribution is 2.30. The van der Waals surface area contributed by atoms with Crippen LogP contribution in [0.15, 0.2) is 30.3 Å². The first-order valence-electron chi connectivity index (χ1n) is 7.64. The standard InChI is InChI=1S/C17H26N2O2/c1-18-17(16(20)21-3,15-7-5-4-6-8-15)11-12-19(2)13-14-9-10-14/h4-8,14,18H,9-13H2,1-3H3. The maximum absolute atomic E-state index is 12.4. The molecule has 1 aromatic carbocycles. The molecule has 4 heteroatoms. The molecule has 1 atom stereocenters. The normalized spacial score (nSPS) is 17.5. The molecule has 0 radical (unpaired) electrons. The van der Waals surface area contributed by atoms with Gasteiger partial charge in [-0.2, -0.15) is 0 Å². The predicted octanol–water partition coefficient (Wildman–Crippen LogP) is 2.01. The predicted molar refractivity (Wildman–Crippen MR) is 84.0 cm³/mol. The number of nitrogens with one attached hydrogen (secondary N) is 1. The summed E-state index contributed by atoms with van der Waals surface area (Å²) in [4.78, 5) is 14.7. The van der Waals surface area contributed by atoms with Crippen LogP contribution in [-0.2, 0) is 15.1 Å². The summed E-state index contributed by atoms with van der Waals surface area (Å²) in [6, 6.07) is 9.83. The van der Waals surface area contributed by atoms with Gasteiger partial charge in [0.15, 0.2) is 0 Å². The molecule has 1 saturated carbocycles. The molecule has 2 rings (SSSR count). The van der Waals surface area contributed by atoms with E-state index < -0.39 is 5.54 Å². The lowest BCUT2D eigenvalue weighted by atomic mass is 9.86. The maximum Gasteiger partial charge on any atom is 0.330 e. The minimum Gasteiger partial charge on any atom is -0.467 e. The van der Waals surface area contributed by atoms with Crippen LogP contribution in [0.2, 0.25) is 0 Å². The van der Waals surface area contributed by atoms with Crippen LogP contribution in [0.5, 0.6) is 0 Å². The number of esters is 1. The van der Waals surface area contributed by atoms with E-state index in [0.717, 1.165) is 24.6 Å². The molecule has 1 N–H and O–H groups in total. The van der Waals surface area contributed by atoms with Crippen LogP contribution >= 0.6 is 0 Å². The lowest BCUT2D eigenvalue weighted by molar-refractivity contribution is -0.149. The SMILES string of the molecule is CNC(CCN(C)CC1CC1)(C(=O)OC)c1ccccc1. The van der Waals surface area contributed by atoms with E-state index in [0.29, 0.717) is 6.42 Å². The minimum atomic E-state index is -0.770. The number of hydrogen-bond donors (Lipinski definition) is 1. The van der Waals surface area contributed by atoms with Gasteiger partial charge in [-0.1, -0.05) is 30.3 Å². The van der Waals surface area contributed by atoms with Crippen molar-refractivity contribution < 1.29 is 9.53 Å². The molecule has 1 aromatic rings. The van der Waals surface area contributed by atoms with Crippen LogP contribution in [-0.4, -0.2) is 45.2 Å². The van der Waals surface area contributed by atoms with Gasteiger partial charge in [0.25, 0.3) is 0 Å². The van der Waals surface area contributed by atoms with E-state index in [-0.39, 0.29) is 5.97 Å². The van der Waals surface area contributed by atoms with Crippen molar-refractivity contribution in [1.82, 2.24) is 10.2 Å². The lowest BCUT2D eigenvalue weighted by Gasteiger charge is -2.33. The average Bonchev–Trinajstić information content (AvgIpc) is 3.33. The molecule has 1 unspecified atom stereocenters. The molecule has 116 valence electrons. The highest BCUT2D eigenvalue weighted by Gasteiger charge is 2.40. The highest BCUT2D eigenvalue weighted by atomic mass is 16.5. The Morgan fingerprint density at radius 3 is 2.57 bits per heavy atom. The van der Waals surface area contributed by atoms with Gasteiger partial charge in [0.1, 0.15) is 5.54 Å². The summed E-state index contributed by atoms with van der Waals surface area (Å²) in [5, 5.41) is 3.21. The summed E-state index contributed by atoms with van der Waals surface area (Å²) in [6.07, 6.45) is 3.39. The summed E-state index contributed by atoms with van der Waals surface area (Å²) < 4.78 is 5.07. The molecule has 1 fully saturated rings. The summed E-state index contributed by atoms with van der Waals surface area (Å²) in [6.45, 7) is 1.98. The van der Waals surface area contributed by atoms with Crippen LogP contribution < -0.4 is 5.32 Å². The molecule has 0 heterocycles. The summed E-state index contributed by atoms with van der Waals surface area (Å²) in [5.41, 5.74) is 0.188. The largest absolute Gasteiger partial charge is 0.467 e. The molecule has 0 spiro atoms. The van der Waals surface area contributed by atoms with E-state index in [1.54, 1.807) is 0 Å². The second-order valence-electron chi connectivity index (χ2n) is 5.97. The van der Waals surface area contributed by atoms with Gasteiger partial charge in [-0.3, -0.25) is 0 Å². The number of nitrogens with zero attached hydrogens (tertiary/aromatic N) is 1. The first kappa shape index (κ1) is 16.0. The highest BCUT2D eigenvalue weighted by molar-refractivity contribution is 5.82. The minimum absolute atomic E-state index is 0.226. The van der Waals surface area contributed by atoms with E-state index >= 15 is 0 Å². The van der Waals surface area contributed by atoms with E-state index in [9.17, 15) is 4.79 Å². The Balaban J connectivity index is 2.12. The second-order valence-corrected chi connectivity index (χ2v) is 5.97. The van der Waals surface area contributed by atoms with Crippen molar-refractivity contribution in [1.29, 1.82) is 0 Å². The smallest absolute Gasteiger partial charge is 0.330 e. The lowest BCUT2D eigenvalue weighted by Crippen LogP contribution is -2.50. The van der Waals surface area contributed by atoms with Gasteiger partial charge in [0, 0.05) is 13.1 Å². The number of carbonyl (C=O) groups is 1. The van der Waals surface area contributed by atoms with Gasteiger partial charge in [-0.15, -0.1) is 0 Å². The van der Waals surface area contributed by atoms with Crippen molar-refractivity contribution in [3.63, 3.8) is 0 Å². The molecular formula is C17H26N2O2. The third-order valence-corrected chi connectivity index (χ3v) is 4.36. The first-order valence-corrected chi connectivity index (χ1v) is 7.64.